The molecule has 1 heterocycles. The van der Waals surface area contributed by atoms with E-state index in [9.17, 15) is 24.0 Å². The number of alkyl halides is 2. The van der Waals surface area contributed by atoms with Crippen molar-refractivity contribution >= 4 is 70.1 Å². The zero-order chi connectivity index (χ0) is 26.0. The fourth-order valence-electron chi connectivity index (χ4n) is 4.17. The van der Waals surface area contributed by atoms with Crippen molar-refractivity contribution in [3.8, 4) is 0 Å². The molecule has 4 atom stereocenters. The molecule has 0 spiro atoms. The molecular formula is C24H20Cl3N3O6. The lowest BCUT2D eigenvalue weighted by Crippen LogP contribution is -2.43. The molecule has 0 unspecified atom stereocenters. The zero-order valence-corrected chi connectivity index (χ0v) is 20.8. The summed E-state index contributed by atoms with van der Waals surface area (Å²) in [5, 5.41) is -0.364. The summed E-state index contributed by atoms with van der Waals surface area (Å²) in [4.78, 5) is 63.4. The van der Waals surface area contributed by atoms with E-state index in [0.29, 0.717) is 17.9 Å². The molecule has 2 aromatic carbocycles. The summed E-state index contributed by atoms with van der Waals surface area (Å²) in [6.07, 6.45) is 0.597. The van der Waals surface area contributed by atoms with Crippen LogP contribution in [0.25, 0.3) is 0 Å². The molecule has 1 saturated carbocycles. The number of nitrogens with one attached hydrogen (secondary N) is 2. The van der Waals surface area contributed by atoms with Gasteiger partial charge in [-0.05, 0) is 55.3 Å². The van der Waals surface area contributed by atoms with Crippen LogP contribution in [0, 0.1) is 11.8 Å². The van der Waals surface area contributed by atoms with Crippen LogP contribution in [0.1, 0.15) is 33.6 Å². The largest absolute Gasteiger partial charge is 0.452 e. The Labute approximate surface area is 221 Å². The van der Waals surface area contributed by atoms with Crippen molar-refractivity contribution in [2.45, 2.75) is 23.6 Å². The minimum absolute atomic E-state index is 0.0337. The quantitative estimate of drug-likeness (QED) is 0.254. The summed E-state index contributed by atoms with van der Waals surface area (Å²) in [6, 6.07) is 11.8. The number of halogens is 3. The lowest BCUT2D eigenvalue weighted by atomic mass is 9.80. The molecule has 4 rings (SSSR count). The predicted molar refractivity (Wildman–Crippen MR) is 132 cm³/mol. The third kappa shape index (κ3) is 5.48. The van der Waals surface area contributed by atoms with Crippen LogP contribution in [-0.2, 0) is 19.1 Å². The number of hydrazine groups is 1. The Bertz CT molecular complexity index is 1190. The van der Waals surface area contributed by atoms with Gasteiger partial charge in [0, 0.05) is 10.6 Å². The highest BCUT2D eigenvalue weighted by Crippen LogP contribution is 2.43. The lowest BCUT2D eigenvalue weighted by Gasteiger charge is -2.28. The third-order valence-electron chi connectivity index (χ3n) is 6.01. The molecule has 2 N–H and O–H groups in total. The first-order valence-corrected chi connectivity index (χ1v) is 12.2. The van der Waals surface area contributed by atoms with Crippen molar-refractivity contribution < 1.29 is 28.7 Å². The summed E-state index contributed by atoms with van der Waals surface area (Å²) < 4.78 is 4.99. The van der Waals surface area contributed by atoms with Crippen LogP contribution in [0.2, 0.25) is 5.02 Å². The first kappa shape index (κ1) is 25.9. The summed E-state index contributed by atoms with van der Waals surface area (Å²) in [7, 11) is 0. The molecule has 36 heavy (non-hydrogen) atoms. The second-order valence-electron chi connectivity index (χ2n) is 8.36. The van der Waals surface area contributed by atoms with Crippen LogP contribution in [-0.4, -0.2) is 47.0 Å². The Kier molecular flexibility index (Phi) is 7.82. The number of hydrogen-bond donors (Lipinski definition) is 2. The summed E-state index contributed by atoms with van der Waals surface area (Å²) in [5.41, 5.74) is 4.85. The molecule has 12 heteroatoms. The normalized spacial score (nSPS) is 23.1. The van der Waals surface area contributed by atoms with Gasteiger partial charge in [-0.3, -0.25) is 34.9 Å². The van der Waals surface area contributed by atoms with E-state index in [1.54, 1.807) is 0 Å². The second kappa shape index (κ2) is 10.9. The van der Waals surface area contributed by atoms with E-state index < -0.39 is 47.0 Å². The number of nitrogens with zero attached hydrogens (tertiary/aromatic N) is 1. The molecule has 0 aromatic heterocycles. The smallest absolute Gasteiger partial charge is 0.338 e. The van der Waals surface area contributed by atoms with Crippen molar-refractivity contribution in [3.63, 3.8) is 0 Å². The predicted octanol–water partition coefficient (Wildman–Crippen LogP) is 3.07. The van der Waals surface area contributed by atoms with E-state index in [1.807, 2.05) is 0 Å². The van der Waals surface area contributed by atoms with Gasteiger partial charge in [-0.1, -0.05) is 17.7 Å². The van der Waals surface area contributed by atoms with Crippen molar-refractivity contribution in [3.05, 3.63) is 64.7 Å². The Morgan fingerprint density at radius 3 is 2.11 bits per heavy atom. The maximum Gasteiger partial charge on any atom is 0.338 e. The molecule has 2 aliphatic rings. The van der Waals surface area contributed by atoms with Crippen molar-refractivity contribution in [1.29, 1.82) is 0 Å². The lowest BCUT2D eigenvalue weighted by molar-refractivity contribution is -0.125. The van der Waals surface area contributed by atoms with Crippen molar-refractivity contribution in [2.75, 3.05) is 11.5 Å². The maximum atomic E-state index is 12.9. The van der Waals surface area contributed by atoms with Gasteiger partial charge in [-0.2, -0.15) is 0 Å². The number of hydrogen-bond acceptors (Lipinski definition) is 6. The molecular weight excluding hydrogens is 533 g/mol. The van der Waals surface area contributed by atoms with Crippen LogP contribution in [0.15, 0.2) is 48.5 Å². The molecule has 4 amide bonds. The van der Waals surface area contributed by atoms with Crippen LogP contribution in [0.3, 0.4) is 0 Å². The summed E-state index contributed by atoms with van der Waals surface area (Å²) in [6.45, 7) is -0.677. The van der Waals surface area contributed by atoms with Gasteiger partial charge in [0.25, 0.3) is 11.8 Å². The monoisotopic (exact) mass is 551 g/mol. The standard InChI is InChI=1S/C24H20Cl3N3O6/c25-14-6-4-12(5-7-14)21(32)29-28-20(31)11-36-24(35)13-2-1-3-15(8-13)30-22(33)16-9-18(26)19(27)10-17(16)23(30)34/h1-8,16-19H,9-11H2,(H,28,31)(H,29,32)/t16-,17+,18+,19-. The van der Waals surface area contributed by atoms with Gasteiger partial charge in [-0.15, -0.1) is 23.2 Å². The highest BCUT2D eigenvalue weighted by Gasteiger charge is 2.52. The molecule has 188 valence electrons. The number of imide groups is 1. The van der Waals surface area contributed by atoms with Crippen LogP contribution < -0.4 is 15.8 Å². The fraction of sp³-hybridized carbons (Fsp3) is 0.292. The van der Waals surface area contributed by atoms with Gasteiger partial charge in [0.15, 0.2) is 6.61 Å². The van der Waals surface area contributed by atoms with E-state index in [-0.39, 0.29) is 28.6 Å². The van der Waals surface area contributed by atoms with Gasteiger partial charge in [0.05, 0.1) is 33.8 Å². The molecule has 1 aliphatic carbocycles. The first-order valence-electron chi connectivity index (χ1n) is 10.9. The second-order valence-corrected chi connectivity index (χ2v) is 9.92. The average molecular weight is 553 g/mol. The molecule has 2 aromatic rings. The van der Waals surface area contributed by atoms with Gasteiger partial charge in [0.1, 0.15) is 0 Å². The number of amides is 4. The number of carbonyl (C=O) groups is 5. The topological polar surface area (TPSA) is 122 Å². The number of rotatable bonds is 5. The minimum atomic E-state index is -0.853. The molecule has 0 radical (unpaired) electrons. The first-order chi connectivity index (χ1) is 17.2. The van der Waals surface area contributed by atoms with E-state index in [4.69, 9.17) is 39.5 Å². The molecule has 0 bridgehead atoms. The number of anilines is 1. The fourth-order valence-corrected chi connectivity index (χ4v) is 4.89. The number of ether oxygens (including phenoxy) is 1. The maximum absolute atomic E-state index is 12.9. The summed E-state index contributed by atoms with van der Waals surface area (Å²) >= 11 is 18.2. The van der Waals surface area contributed by atoms with E-state index >= 15 is 0 Å². The highest BCUT2D eigenvalue weighted by atomic mass is 35.5. The third-order valence-corrected chi connectivity index (χ3v) is 7.35. The van der Waals surface area contributed by atoms with Gasteiger partial charge < -0.3 is 4.74 Å². The molecule has 1 saturated heterocycles. The molecule has 2 fully saturated rings. The Morgan fingerprint density at radius 1 is 0.889 bits per heavy atom. The van der Waals surface area contributed by atoms with Gasteiger partial charge in [0.2, 0.25) is 11.8 Å². The zero-order valence-electron chi connectivity index (χ0n) is 18.6. The Balaban J connectivity index is 1.34. The van der Waals surface area contributed by atoms with Crippen LogP contribution in [0.4, 0.5) is 5.69 Å². The minimum Gasteiger partial charge on any atom is -0.452 e. The van der Waals surface area contributed by atoms with Crippen LogP contribution >= 0.6 is 34.8 Å². The van der Waals surface area contributed by atoms with Gasteiger partial charge in [-0.25, -0.2) is 4.79 Å². The van der Waals surface area contributed by atoms with E-state index in [1.165, 1.54) is 48.5 Å². The SMILES string of the molecule is O=C(COC(=O)c1cccc(N2C(=O)[C@H]3C[C@@H](Cl)[C@@H](Cl)C[C@H]3C2=O)c1)NNC(=O)c1ccc(Cl)cc1. The number of fused-ring (bicyclic) bond motifs is 1. The van der Waals surface area contributed by atoms with Crippen molar-refractivity contribution in [2.24, 2.45) is 11.8 Å². The Morgan fingerprint density at radius 2 is 1.50 bits per heavy atom. The Hall–Kier alpha value is -3.14. The average Bonchev–Trinajstić information content (AvgIpc) is 3.10. The van der Waals surface area contributed by atoms with E-state index in [0.717, 1.165) is 4.90 Å². The number of carbonyl (C=O) groups excluding carboxylic acids is 5. The number of benzene rings is 2. The highest BCUT2D eigenvalue weighted by molar-refractivity contribution is 6.31. The van der Waals surface area contributed by atoms with Gasteiger partial charge >= 0.3 is 5.97 Å². The molecule has 9 nitrogen and oxygen atoms in total. The number of esters is 1. The van der Waals surface area contributed by atoms with E-state index in [2.05, 4.69) is 10.9 Å². The summed E-state index contributed by atoms with van der Waals surface area (Å²) in [5.74, 6) is -4.10. The van der Waals surface area contributed by atoms with Crippen LogP contribution in [0.5, 0.6) is 0 Å². The van der Waals surface area contributed by atoms with Crippen molar-refractivity contribution in [1.82, 2.24) is 10.9 Å². The molecule has 1 aliphatic heterocycles.